The molecule has 0 fully saturated rings. The predicted molar refractivity (Wildman–Crippen MR) is 84.1 cm³/mol. The quantitative estimate of drug-likeness (QED) is 0.945. The van der Waals surface area contributed by atoms with E-state index >= 15 is 0 Å². The van der Waals surface area contributed by atoms with Gasteiger partial charge in [0.25, 0.3) is 5.91 Å². The summed E-state index contributed by atoms with van der Waals surface area (Å²) in [5.41, 5.74) is 2.29. The first kappa shape index (κ1) is 14.1. The zero-order valence-electron chi connectivity index (χ0n) is 12.2. The van der Waals surface area contributed by atoms with Crippen molar-refractivity contribution in [3.05, 3.63) is 54.1 Å². The van der Waals surface area contributed by atoms with E-state index in [-0.39, 0.29) is 24.8 Å². The number of carbonyl (C=O) groups excluding carboxylic acids is 2. The molecular formula is C17H16N2O3. The van der Waals surface area contributed by atoms with Gasteiger partial charge in [-0.05, 0) is 29.8 Å². The van der Waals surface area contributed by atoms with Crippen molar-refractivity contribution in [2.75, 3.05) is 23.9 Å². The number of para-hydroxylation sites is 1. The van der Waals surface area contributed by atoms with Crippen LogP contribution in [-0.2, 0) is 16.0 Å². The van der Waals surface area contributed by atoms with Crippen LogP contribution in [0.2, 0.25) is 0 Å². The van der Waals surface area contributed by atoms with Crippen LogP contribution in [0.5, 0.6) is 5.75 Å². The molecule has 0 aromatic heterocycles. The van der Waals surface area contributed by atoms with Crippen molar-refractivity contribution in [2.45, 2.75) is 6.42 Å². The number of amides is 2. The fraction of sp³-hybridized carbons (Fsp3) is 0.176. The lowest BCUT2D eigenvalue weighted by Gasteiger charge is -2.20. The molecule has 1 aliphatic heterocycles. The summed E-state index contributed by atoms with van der Waals surface area (Å²) in [5.74, 6) is 0.429. The molecule has 0 saturated heterocycles. The van der Waals surface area contributed by atoms with Crippen LogP contribution in [0.4, 0.5) is 11.4 Å². The Morgan fingerprint density at radius 3 is 2.77 bits per heavy atom. The number of ether oxygens (including phenoxy) is 1. The Labute approximate surface area is 128 Å². The van der Waals surface area contributed by atoms with E-state index in [9.17, 15) is 9.59 Å². The molecule has 1 N–H and O–H groups in total. The van der Waals surface area contributed by atoms with Gasteiger partial charge >= 0.3 is 0 Å². The molecular weight excluding hydrogens is 280 g/mol. The second-order valence-electron chi connectivity index (χ2n) is 5.13. The zero-order chi connectivity index (χ0) is 15.5. The predicted octanol–water partition coefficient (Wildman–Crippen LogP) is 2.22. The molecule has 0 bridgehead atoms. The number of likely N-dealkylation sites (N-methyl/N-ethyl adjacent to an activating group) is 1. The van der Waals surface area contributed by atoms with Gasteiger partial charge in [0.05, 0.1) is 12.1 Å². The van der Waals surface area contributed by atoms with Gasteiger partial charge in [-0.25, -0.2) is 0 Å². The van der Waals surface area contributed by atoms with Gasteiger partial charge < -0.3 is 15.0 Å². The van der Waals surface area contributed by atoms with Crippen LogP contribution in [0.15, 0.2) is 48.5 Å². The van der Waals surface area contributed by atoms with E-state index in [4.69, 9.17) is 4.74 Å². The topological polar surface area (TPSA) is 58.6 Å². The minimum atomic E-state index is -0.183. The van der Waals surface area contributed by atoms with E-state index in [1.54, 1.807) is 24.1 Å². The van der Waals surface area contributed by atoms with E-state index in [2.05, 4.69) is 5.32 Å². The van der Waals surface area contributed by atoms with Crippen molar-refractivity contribution in [1.82, 2.24) is 0 Å². The molecule has 0 aliphatic carbocycles. The zero-order valence-corrected chi connectivity index (χ0v) is 12.2. The molecule has 2 aromatic carbocycles. The molecule has 1 aliphatic rings. The highest BCUT2D eigenvalue weighted by Crippen LogP contribution is 2.28. The van der Waals surface area contributed by atoms with E-state index in [0.717, 1.165) is 11.3 Å². The van der Waals surface area contributed by atoms with Gasteiger partial charge in [-0.1, -0.05) is 24.3 Å². The van der Waals surface area contributed by atoms with E-state index in [1.807, 2.05) is 36.4 Å². The Kier molecular flexibility index (Phi) is 3.78. The van der Waals surface area contributed by atoms with Crippen LogP contribution in [0.3, 0.4) is 0 Å². The smallest absolute Gasteiger partial charge is 0.262 e. The highest BCUT2D eigenvalue weighted by Gasteiger charge is 2.17. The van der Waals surface area contributed by atoms with Gasteiger partial charge in [0.2, 0.25) is 5.91 Å². The van der Waals surface area contributed by atoms with Crippen molar-refractivity contribution in [1.29, 1.82) is 0 Å². The van der Waals surface area contributed by atoms with Crippen LogP contribution in [0.25, 0.3) is 0 Å². The molecule has 0 spiro atoms. The summed E-state index contributed by atoms with van der Waals surface area (Å²) in [6, 6.07) is 14.9. The average Bonchev–Trinajstić information content (AvgIpc) is 2.54. The van der Waals surface area contributed by atoms with Crippen molar-refractivity contribution < 1.29 is 14.3 Å². The number of fused-ring (bicyclic) bond motifs is 1. The Morgan fingerprint density at radius 1 is 1.23 bits per heavy atom. The standard InChI is InChI=1S/C17H16N2O3/c1-19(13-5-3-2-4-6-13)17(21)10-12-7-8-15-14(9-12)18-16(20)11-22-15/h2-9H,10-11H2,1H3,(H,18,20). The van der Waals surface area contributed by atoms with Gasteiger partial charge in [-0.3, -0.25) is 9.59 Å². The maximum absolute atomic E-state index is 12.4. The summed E-state index contributed by atoms with van der Waals surface area (Å²) in [6.07, 6.45) is 0.258. The Hall–Kier alpha value is -2.82. The number of rotatable bonds is 3. The van der Waals surface area contributed by atoms with E-state index in [1.165, 1.54) is 0 Å². The molecule has 0 radical (unpaired) electrons. The molecule has 1 heterocycles. The number of nitrogens with zero attached hydrogens (tertiary/aromatic N) is 1. The number of nitrogens with one attached hydrogen (secondary N) is 1. The minimum Gasteiger partial charge on any atom is -0.482 e. The second-order valence-corrected chi connectivity index (χ2v) is 5.13. The highest BCUT2D eigenvalue weighted by molar-refractivity contribution is 5.97. The molecule has 0 saturated carbocycles. The van der Waals surface area contributed by atoms with E-state index in [0.29, 0.717) is 11.4 Å². The molecule has 0 atom stereocenters. The summed E-state index contributed by atoms with van der Waals surface area (Å²) < 4.78 is 5.31. The summed E-state index contributed by atoms with van der Waals surface area (Å²) in [6.45, 7) is 0.0298. The number of hydrogen-bond acceptors (Lipinski definition) is 3. The fourth-order valence-electron chi connectivity index (χ4n) is 2.33. The maximum atomic E-state index is 12.4. The molecule has 5 nitrogen and oxygen atoms in total. The lowest BCUT2D eigenvalue weighted by Crippen LogP contribution is -2.28. The molecule has 2 amide bonds. The summed E-state index contributed by atoms with van der Waals surface area (Å²) >= 11 is 0. The monoisotopic (exact) mass is 296 g/mol. The number of carbonyl (C=O) groups is 2. The molecule has 22 heavy (non-hydrogen) atoms. The first-order valence-corrected chi connectivity index (χ1v) is 7.00. The van der Waals surface area contributed by atoms with Crippen LogP contribution < -0.4 is 15.0 Å². The number of anilines is 2. The number of benzene rings is 2. The van der Waals surface area contributed by atoms with Crippen molar-refractivity contribution in [3.8, 4) is 5.75 Å². The normalized spacial score (nSPS) is 12.9. The van der Waals surface area contributed by atoms with Crippen LogP contribution in [-0.4, -0.2) is 25.5 Å². The van der Waals surface area contributed by atoms with Gasteiger partial charge in [0, 0.05) is 12.7 Å². The molecule has 3 rings (SSSR count). The van der Waals surface area contributed by atoms with Gasteiger partial charge in [-0.15, -0.1) is 0 Å². The minimum absolute atomic E-state index is 0.0193. The third-order valence-electron chi connectivity index (χ3n) is 3.55. The lowest BCUT2D eigenvalue weighted by atomic mass is 10.1. The Morgan fingerprint density at radius 2 is 2.00 bits per heavy atom. The molecule has 0 unspecified atom stereocenters. The van der Waals surface area contributed by atoms with Crippen LogP contribution >= 0.6 is 0 Å². The average molecular weight is 296 g/mol. The number of hydrogen-bond donors (Lipinski definition) is 1. The first-order chi connectivity index (χ1) is 10.6. The molecule has 2 aromatic rings. The third-order valence-corrected chi connectivity index (χ3v) is 3.55. The van der Waals surface area contributed by atoms with Gasteiger partial charge in [0.1, 0.15) is 5.75 Å². The first-order valence-electron chi connectivity index (χ1n) is 7.00. The summed E-state index contributed by atoms with van der Waals surface area (Å²) in [4.78, 5) is 25.3. The largest absolute Gasteiger partial charge is 0.482 e. The summed E-state index contributed by atoms with van der Waals surface area (Å²) in [5, 5.41) is 2.75. The fourth-order valence-corrected chi connectivity index (χ4v) is 2.33. The maximum Gasteiger partial charge on any atom is 0.262 e. The SMILES string of the molecule is CN(C(=O)Cc1ccc2c(c1)NC(=O)CO2)c1ccccc1. The Balaban J connectivity index is 1.74. The van der Waals surface area contributed by atoms with Crippen LogP contribution in [0, 0.1) is 0 Å². The lowest BCUT2D eigenvalue weighted by molar-refractivity contribution is -0.119. The molecule has 112 valence electrons. The van der Waals surface area contributed by atoms with Crippen molar-refractivity contribution in [2.24, 2.45) is 0 Å². The van der Waals surface area contributed by atoms with Gasteiger partial charge in [-0.2, -0.15) is 0 Å². The van der Waals surface area contributed by atoms with Gasteiger partial charge in [0.15, 0.2) is 6.61 Å². The van der Waals surface area contributed by atoms with Crippen molar-refractivity contribution >= 4 is 23.2 Å². The Bertz CT molecular complexity index is 713. The summed E-state index contributed by atoms with van der Waals surface area (Å²) in [7, 11) is 1.75. The van der Waals surface area contributed by atoms with Crippen LogP contribution in [0.1, 0.15) is 5.56 Å². The van der Waals surface area contributed by atoms with Crippen molar-refractivity contribution in [3.63, 3.8) is 0 Å². The van der Waals surface area contributed by atoms with E-state index < -0.39 is 0 Å². The highest BCUT2D eigenvalue weighted by atomic mass is 16.5. The second kappa shape index (κ2) is 5.89. The third kappa shape index (κ3) is 2.93. The molecule has 5 heteroatoms.